The average Bonchev–Trinajstić information content (AvgIpc) is 2.70. The monoisotopic (exact) mass is 436 g/mol. The Morgan fingerprint density at radius 1 is 0.900 bits per heavy atom. The summed E-state index contributed by atoms with van der Waals surface area (Å²) >= 11 is 0.623. The van der Waals surface area contributed by atoms with Crippen molar-refractivity contribution in [3.8, 4) is 17.2 Å². The molecule has 0 spiro atoms. The van der Waals surface area contributed by atoms with Crippen molar-refractivity contribution in [2.75, 3.05) is 12.4 Å². The van der Waals surface area contributed by atoms with Crippen LogP contribution in [0.1, 0.15) is 11.1 Å². The Labute approximate surface area is 176 Å². The standard InChI is InChI=1S/C23H20F4O2S/c1-16-13-20(24)21(14-22(16)30-15-23(25,26)27)28-12-11-17-7-9-19(10-8-17)29-18-5-3-2-4-6-18/h2-10,13-14H,11-12,15H2,1H3. The fourth-order valence-electron chi connectivity index (χ4n) is 2.69. The molecule has 0 aliphatic rings. The molecular weight excluding hydrogens is 416 g/mol. The summed E-state index contributed by atoms with van der Waals surface area (Å²) in [6.45, 7) is 1.77. The molecule has 0 unspecified atom stereocenters. The van der Waals surface area contributed by atoms with Gasteiger partial charge in [0.15, 0.2) is 11.6 Å². The summed E-state index contributed by atoms with van der Waals surface area (Å²) in [6.07, 6.45) is -3.77. The fourth-order valence-corrected chi connectivity index (χ4v) is 3.48. The van der Waals surface area contributed by atoms with E-state index in [4.69, 9.17) is 9.47 Å². The van der Waals surface area contributed by atoms with Gasteiger partial charge in [0.05, 0.1) is 12.4 Å². The number of aryl methyl sites for hydroxylation is 1. The Morgan fingerprint density at radius 3 is 2.23 bits per heavy atom. The molecule has 0 saturated heterocycles. The molecule has 0 fully saturated rings. The molecule has 3 aromatic rings. The Morgan fingerprint density at radius 2 is 1.57 bits per heavy atom. The zero-order valence-corrected chi connectivity index (χ0v) is 17.0. The number of halogens is 4. The van der Waals surface area contributed by atoms with Gasteiger partial charge in [-0.25, -0.2) is 4.39 Å². The highest BCUT2D eigenvalue weighted by atomic mass is 32.2. The van der Waals surface area contributed by atoms with Crippen molar-refractivity contribution in [1.82, 2.24) is 0 Å². The van der Waals surface area contributed by atoms with Crippen LogP contribution in [0, 0.1) is 12.7 Å². The van der Waals surface area contributed by atoms with Crippen molar-refractivity contribution in [3.05, 3.63) is 83.7 Å². The fraction of sp³-hybridized carbons (Fsp3) is 0.217. The van der Waals surface area contributed by atoms with Crippen LogP contribution in [0.2, 0.25) is 0 Å². The van der Waals surface area contributed by atoms with Crippen molar-refractivity contribution in [2.45, 2.75) is 24.4 Å². The van der Waals surface area contributed by atoms with Crippen molar-refractivity contribution < 1.29 is 27.0 Å². The Hall–Kier alpha value is -2.67. The van der Waals surface area contributed by atoms with Crippen LogP contribution in [0.15, 0.2) is 71.6 Å². The summed E-state index contributed by atoms with van der Waals surface area (Å²) in [7, 11) is 0. The molecule has 0 atom stereocenters. The van der Waals surface area contributed by atoms with Gasteiger partial charge in [-0.3, -0.25) is 0 Å². The van der Waals surface area contributed by atoms with Gasteiger partial charge in [0, 0.05) is 11.3 Å². The van der Waals surface area contributed by atoms with E-state index in [0.29, 0.717) is 34.4 Å². The molecule has 0 aromatic heterocycles. The largest absolute Gasteiger partial charge is 0.490 e. The van der Waals surface area contributed by atoms with E-state index in [-0.39, 0.29) is 12.4 Å². The third kappa shape index (κ3) is 6.69. The van der Waals surface area contributed by atoms with Crippen molar-refractivity contribution in [3.63, 3.8) is 0 Å². The van der Waals surface area contributed by atoms with E-state index in [2.05, 4.69) is 0 Å². The maximum atomic E-state index is 14.1. The number of rotatable bonds is 8. The Balaban J connectivity index is 1.55. The average molecular weight is 436 g/mol. The van der Waals surface area contributed by atoms with Crippen LogP contribution in [-0.4, -0.2) is 18.5 Å². The van der Waals surface area contributed by atoms with Crippen LogP contribution >= 0.6 is 11.8 Å². The van der Waals surface area contributed by atoms with Crippen molar-refractivity contribution >= 4 is 11.8 Å². The maximum absolute atomic E-state index is 14.1. The molecule has 0 radical (unpaired) electrons. The van der Waals surface area contributed by atoms with E-state index >= 15 is 0 Å². The minimum atomic E-state index is -4.29. The number of benzene rings is 3. The zero-order chi connectivity index (χ0) is 21.6. The van der Waals surface area contributed by atoms with Crippen LogP contribution in [-0.2, 0) is 6.42 Å². The number of ether oxygens (including phenoxy) is 2. The highest BCUT2D eigenvalue weighted by Gasteiger charge is 2.27. The molecule has 0 aliphatic heterocycles. The first-order valence-electron chi connectivity index (χ1n) is 9.24. The van der Waals surface area contributed by atoms with Crippen LogP contribution in [0.3, 0.4) is 0 Å². The van der Waals surface area contributed by atoms with Gasteiger partial charge in [-0.15, -0.1) is 11.8 Å². The first-order chi connectivity index (χ1) is 14.3. The summed E-state index contributed by atoms with van der Waals surface area (Å²) in [5.41, 5.74) is 1.41. The van der Waals surface area contributed by atoms with E-state index in [1.807, 2.05) is 54.6 Å². The third-order valence-electron chi connectivity index (χ3n) is 4.17. The maximum Gasteiger partial charge on any atom is 0.398 e. The summed E-state index contributed by atoms with van der Waals surface area (Å²) in [5, 5.41) is 0. The molecule has 0 saturated carbocycles. The zero-order valence-electron chi connectivity index (χ0n) is 16.2. The van der Waals surface area contributed by atoms with Crippen molar-refractivity contribution in [1.29, 1.82) is 0 Å². The molecule has 3 rings (SSSR count). The predicted molar refractivity (Wildman–Crippen MR) is 110 cm³/mol. The number of hydrogen-bond donors (Lipinski definition) is 0. The van der Waals surface area contributed by atoms with Gasteiger partial charge in [-0.05, 0) is 54.4 Å². The molecule has 158 valence electrons. The quantitative estimate of drug-likeness (QED) is 0.275. The van der Waals surface area contributed by atoms with Crippen LogP contribution < -0.4 is 9.47 Å². The summed E-state index contributed by atoms with van der Waals surface area (Å²) in [4.78, 5) is 0.353. The number of hydrogen-bond acceptors (Lipinski definition) is 3. The Bertz CT molecular complexity index is 957. The molecule has 0 aliphatic carbocycles. The lowest BCUT2D eigenvalue weighted by Crippen LogP contribution is -2.11. The van der Waals surface area contributed by atoms with Gasteiger partial charge in [-0.1, -0.05) is 30.3 Å². The first-order valence-corrected chi connectivity index (χ1v) is 10.2. The molecule has 2 nitrogen and oxygen atoms in total. The first kappa shape index (κ1) is 22.0. The van der Waals surface area contributed by atoms with Gasteiger partial charge < -0.3 is 9.47 Å². The molecule has 0 amide bonds. The van der Waals surface area contributed by atoms with Gasteiger partial charge in [-0.2, -0.15) is 13.2 Å². The third-order valence-corrected chi connectivity index (χ3v) is 5.39. The lowest BCUT2D eigenvalue weighted by Gasteiger charge is -2.13. The molecule has 30 heavy (non-hydrogen) atoms. The van der Waals surface area contributed by atoms with Gasteiger partial charge in [0.25, 0.3) is 0 Å². The lowest BCUT2D eigenvalue weighted by molar-refractivity contribution is -0.105. The van der Waals surface area contributed by atoms with Crippen LogP contribution in [0.4, 0.5) is 17.6 Å². The number of alkyl halides is 3. The van der Waals surface area contributed by atoms with E-state index in [1.54, 1.807) is 6.92 Å². The summed E-state index contributed by atoms with van der Waals surface area (Å²) in [6, 6.07) is 19.4. The number of thioether (sulfide) groups is 1. The van der Waals surface area contributed by atoms with E-state index in [1.165, 1.54) is 12.1 Å². The van der Waals surface area contributed by atoms with Crippen LogP contribution in [0.25, 0.3) is 0 Å². The van der Waals surface area contributed by atoms with E-state index < -0.39 is 17.7 Å². The minimum Gasteiger partial charge on any atom is -0.490 e. The minimum absolute atomic E-state index is 0.0469. The topological polar surface area (TPSA) is 18.5 Å². The second-order valence-corrected chi connectivity index (χ2v) is 7.63. The molecule has 0 heterocycles. The molecule has 0 bridgehead atoms. The summed E-state index contributed by atoms with van der Waals surface area (Å²) in [5.74, 6) is -0.231. The molecule has 0 N–H and O–H groups in total. The smallest absolute Gasteiger partial charge is 0.398 e. The van der Waals surface area contributed by atoms with E-state index in [0.717, 1.165) is 11.3 Å². The molecular formula is C23H20F4O2S. The predicted octanol–water partition coefficient (Wildman–Crippen LogP) is 7.20. The van der Waals surface area contributed by atoms with Crippen molar-refractivity contribution in [2.24, 2.45) is 0 Å². The molecule has 7 heteroatoms. The lowest BCUT2D eigenvalue weighted by atomic mass is 10.1. The van der Waals surface area contributed by atoms with E-state index in [9.17, 15) is 17.6 Å². The highest BCUT2D eigenvalue weighted by Crippen LogP contribution is 2.33. The summed E-state index contributed by atoms with van der Waals surface area (Å²) < 4.78 is 62.7. The van der Waals surface area contributed by atoms with Gasteiger partial charge in [0.1, 0.15) is 11.5 Å². The normalized spacial score (nSPS) is 11.4. The second kappa shape index (κ2) is 9.89. The van der Waals surface area contributed by atoms with Crippen LogP contribution in [0.5, 0.6) is 17.2 Å². The van der Waals surface area contributed by atoms with Gasteiger partial charge in [0.2, 0.25) is 0 Å². The Kier molecular flexibility index (Phi) is 7.26. The second-order valence-electron chi connectivity index (χ2n) is 6.61. The highest BCUT2D eigenvalue weighted by molar-refractivity contribution is 7.99. The van der Waals surface area contributed by atoms with Gasteiger partial charge >= 0.3 is 6.18 Å². The molecule has 3 aromatic carbocycles. The SMILES string of the molecule is Cc1cc(F)c(OCCc2ccc(Oc3ccccc3)cc2)cc1SCC(F)(F)F. The number of para-hydroxylation sites is 1.